The zero-order valence-corrected chi connectivity index (χ0v) is 16.1. The smallest absolute Gasteiger partial charge is 0.211 e. The third-order valence-electron chi connectivity index (χ3n) is 4.38. The van der Waals surface area contributed by atoms with E-state index in [2.05, 4.69) is 42.2 Å². The van der Waals surface area contributed by atoms with Gasteiger partial charge in [0.1, 0.15) is 5.75 Å². The van der Waals surface area contributed by atoms with Crippen LogP contribution in [-0.4, -0.2) is 36.1 Å². The molecule has 26 heavy (non-hydrogen) atoms. The number of aromatic hydroxyl groups is 1. The van der Waals surface area contributed by atoms with Crippen LogP contribution in [0.4, 0.5) is 5.69 Å². The van der Waals surface area contributed by atoms with Crippen molar-refractivity contribution in [3.8, 4) is 5.75 Å². The Morgan fingerprint density at radius 1 is 1.38 bits per heavy atom. The fourth-order valence-corrected chi connectivity index (χ4v) is 3.11. The maximum atomic E-state index is 9.89. The van der Waals surface area contributed by atoms with Crippen LogP contribution in [-0.2, 0) is 4.79 Å². The van der Waals surface area contributed by atoms with Gasteiger partial charge in [0, 0.05) is 11.8 Å². The fourth-order valence-electron chi connectivity index (χ4n) is 3.11. The van der Waals surface area contributed by atoms with Crippen LogP contribution in [0.3, 0.4) is 0 Å². The summed E-state index contributed by atoms with van der Waals surface area (Å²) in [6.45, 7) is 12.0. The summed E-state index contributed by atoms with van der Waals surface area (Å²) in [5.74, 6) is 1.03. The summed E-state index contributed by atoms with van der Waals surface area (Å²) in [6, 6.07) is 6.35. The van der Waals surface area contributed by atoms with Crippen molar-refractivity contribution in [3.05, 3.63) is 48.8 Å². The molecule has 5 nitrogen and oxygen atoms in total. The molecule has 0 saturated carbocycles. The van der Waals surface area contributed by atoms with E-state index < -0.39 is 0 Å². The van der Waals surface area contributed by atoms with E-state index in [-0.39, 0.29) is 5.75 Å². The molecule has 0 unspecified atom stereocenters. The van der Waals surface area contributed by atoms with Crippen LogP contribution in [0, 0.1) is 5.92 Å². The van der Waals surface area contributed by atoms with Gasteiger partial charge in [0.15, 0.2) is 0 Å². The number of allylic oxidation sites excluding steroid dienone is 1. The number of hydrogen-bond acceptors (Lipinski definition) is 4. The van der Waals surface area contributed by atoms with Crippen LogP contribution in [0.2, 0.25) is 0 Å². The van der Waals surface area contributed by atoms with Crippen LogP contribution >= 0.6 is 0 Å². The van der Waals surface area contributed by atoms with Gasteiger partial charge in [-0.25, -0.2) is 0 Å². The number of carbonyl (C=O) groups is 1. The lowest BCUT2D eigenvalue weighted by molar-refractivity contribution is -0.105. The van der Waals surface area contributed by atoms with Gasteiger partial charge in [0.25, 0.3) is 0 Å². The topological polar surface area (TPSA) is 64.6 Å². The monoisotopic (exact) mass is 359 g/mol. The van der Waals surface area contributed by atoms with Crippen LogP contribution < -0.4 is 10.6 Å². The number of hydrogen-bond donors (Lipinski definition) is 3. The Labute approximate surface area is 157 Å². The lowest BCUT2D eigenvalue weighted by atomic mass is 9.90. The summed E-state index contributed by atoms with van der Waals surface area (Å²) < 4.78 is 0. The molecule has 3 N–H and O–H groups in total. The quantitative estimate of drug-likeness (QED) is 0.612. The normalized spacial score (nSPS) is 15.5. The van der Waals surface area contributed by atoms with Gasteiger partial charge in [0.05, 0.1) is 0 Å². The van der Waals surface area contributed by atoms with E-state index in [1.807, 2.05) is 0 Å². The van der Waals surface area contributed by atoms with Gasteiger partial charge >= 0.3 is 0 Å². The Hall–Kier alpha value is -2.27. The second kappa shape index (κ2) is 13.0. The molecule has 0 bridgehead atoms. The molecule has 144 valence electrons. The van der Waals surface area contributed by atoms with Crippen LogP contribution in [0.15, 0.2) is 48.8 Å². The Bertz CT molecular complexity index is 564. The number of anilines is 1. The van der Waals surface area contributed by atoms with Crippen LogP contribution in [0.25, 0.3) is 0 Å². The average Bonchev–Trinajstić information content (AvgIpc) is 2.63. The summed E-state index contributed by atoms with van der Waals surface area (Å²) in [7, 11) is 0. The summed E-state index contributed by atoms with van der Waals surface area (Å²) in [4.78, 5) is 12.5. The molecule has 1 aromatic rings. The molecule has 1 fully saturated rings. The van der Waals surface area contributed by atoms with E-state index in [9.17, 15) is 4.79 Å². The molecule has 5 heteroatoms. The Kier molecular flexibility index (Phi) is 10.9. The van der Waals surface area contributed by atoms with Crippen molar-refractivity contribution >= 4 is 12.1 Å². The van der Waals surface area contributed by atoms with Gasteiger partial charge in [-0.15, -0.1) is 0 Å². The highest BCUT2D eigenvalue weighted by molar-refractivity contribution is 5.71. The first-order chi connectivity index (χ1) is 12.6. The molecule has 1 aromatic carbocycles. The minimum atomic E-state index is 0.145. The number of amides is 1. The minimum absolute atomic E-state index is 0.145. The molecular formula is C21H33N3O2. The van der Waals surface area contributed by atoms with E-state index in [4.69, 9.17) is 5.11 Å². The molecule has 0 spiro atoms. The van der Waals surface area contributed by atoms with Crippen molar-refractivity contribution in [2.75, 3.05) is 25.0 Å². The van der Waals surface area contributed by atoms with E-state index >= 15 is 0 Å². The van der Waals surface area contributed by atoms with Gasteiger partial charge in [-0.2, -0.15) is 0 Å². The molecule has 0 atom stereocenters. The van der Waals surface area contributed by atoms with Crippen molar-refractivity contribution in [1.82, 2.24) is 10.2 Å². The molecule has 1 aliphatic heterocycles. The molecule has 1 amide bonds. The number of benzene rings is 1. The van der Waals surface area contributed by atoms with Crippen molar-refractivity contribution in [2.24, 2.45) is 5.92 Å². The summed E-state index contributed by atoms with van der Waals surface area (Å²) >= 11 is 0. The minimum Gasteiger partial charge on any atom is -0.508 e. The zero-order valence-electron chi connectivity index (χ0n) is 16.1. The third-order valence-corrected chi connectivity index (χ3v) is 4.38. The second-order valence-electron chi connectivity index (χ2n) is 6.66. The number of phenols is 1. The first kappa shape index (κ1) is 21.8. The highest BCUT2D eigenvalue weighted by Crippen LogP contribution is 2.23. The molecule has 0 radical (unpaired) electrons. The Morgan fingerprint density at radius 3 is 2.69 bits per heavy atom. The van der Waals surface area contributed by atoms with Crippen molar-refractivity contribution in [3.63, 3.8) is 0 Å². The predicted octanol–water partition coefficient (Wildman–Crippen LogP) is 4.10. The Balaban J connectivity index is 0.000000289. The van der Waals surface area contributed by atoms with Crippen molar-refractivity contribution < 1.29 is 9.90 Å². The van der Waals surface area contributed by atoms with Crippen LogP contribution in [0.5, 0.6) is 5.75 Å². The number of phenolic OH excluding ortho intramolecular Hbond substituents is 1. The largest absolute Gasteiger partial charge is 0.508 e. The standard InChI is InChI=1S/C14H26N2.C7H7NO2/c1-4-8-16-9-6-14(7-10-16)11-13(3)12-15-5-2;9-5-8-6-2-1-3-7(10)4-6/h5,12,14-15H,2,4,6-11H2,1,3H3;1-5,10H,(H,8,9)/b13-12+;. The molecule has 1 aliphatic rings. The van der Waals surface area contributed by atoms with E-state index in [1.165, 1.54) is 63.0 Å². The average molecular weight is 360 g/mol. The van der Waals surface area contributed by atoms with Crippen molar-refractivity contribution in [2.45, 2.75) is 39.5 Å². The summed E-state index contributed by atoms with van der Waals surface area (Å²) in [5.41, 5.74) is 2.03. The molecule has 0 aromatic heterocycles. The SMILES string of the molecule is C=CN/C=C(\C)CC1CCN(CCC)CC1.O=CNc1cccc(O)c1. The first-order valence-electron chi connectivity index (χ1n) is 9.33. The maximum absolute atomic E-state index is 9.89. The first-order valence-corrected chi connectivity index (χ1v) is 9.33. The zero-order chi connectivity index (χ0) is 19.2. The number of piperidine rings is 1. The van der Waals surface area contributed by atoms with E-state index in [1.54, 1.807) is 18.3 Å². The summed E-state index contributed by atoms with van der Waals surface area (Å²) in [6.07, 6.45) is 9.61. The van der Waals surface area contributed by atoms with Gasteiger partial charge in [0.2, 0.25) is 6.41 Å². The highest BCUT2D eigenvalue weighted by Gasteiger charge is 2.18. The fraction of sp³-hybridized carbons (Fsp3) is 0.476. The molecule has 1 saturated heterocycles. The summed E-state index contributed by atoms with van der Waals surface area (Å²) in [5, 5.41) is 14.3. The molecule has 0 aliphatic carbocycles. The molecular weight excluding hydrogens is 326 g/mol. The van der Waals surface area contributed by atoms with Gasteiger partial charge in [-0.3, -0.25) is 4.79 Å². The maximum Gasteiger partial charge on any atom is 0.211 e. The number of rotatable bonds is 8. The van der Waals surface area contributed by atoms with E-state index in [0.29, 0.717) is 12.1 Å². The van der Waals surface area contributed by atoms with E-state index in [0.717, 1.165) is 5.92 Å². The lowest BCUT2D eigenvalue weighted by Gasteiger charge is -2.31. The van der Waals surface area contributed by atoms with Gasteiger partial charge in [-0.1, -0.05) is 25.1 Å². The number of nitrogens with zero attached hydrogens (tertiary/aromatic N) is 1. The highest BCUT2D eigenvalue weighted by atomic mass is 16.3. The molecule has 1 heterocycles. The van der Waals surface area contributed by atoms with Crippen molar-refractivity contribution in [1.29, 1.82) is 0 Å². The number of nitrogens with one attached hydrogen (secondary N) is 2. The lowest BCUT2D eigenvalue weighted by Crippen LogP contribution is -2.34. The van der Waals surface area contributed by atoms with Gasteiger partial charge in [-0.05, 0) is 82.7 Å². The second-order valence-corrected chi connectivity index (χ2v) is 6.66. The number of likely N-dealkylation sites (tertiary alicyclic amines) is 1. The third kappa shape index (κ3) is 9.28. The van der Waals surface area contributed by atoms with Gasteiger partial charge < -0.3 is 20.6 Å². The predicted molar refractivity (Wildman–Crippen MR) is 109 cm³/mol. The Morgan fingerprint density at radius 2 is 2.12 bits per heavy atom. The van der Waals surface area contributed by atoms with Crippen LogP contribution in [0.1, 0.15) is 39.5 Å². The molecule has 2 rings (SSSR count). The number of carbonyl (C=O) groups excluding carboxylic acids is 1.